The number of carbonyl (C=O) groups is 4. The van der Waals surface area contributed by atoms with Crippen molar-refractivity contribution >= 4 is 23.7 Å². The summed E-state index contributed by atoms with van der Waals surface area (Å²) in [6.45, 7) is 1.23. The van der Waals surface area contributed by atoms with E-state index < -0.39 is 54.3 Å². The van der Waals surface area contributed by atoms with Crippen molar-refractivity contribution in [2.24, 2.45) is 11.5 Å². The maximum atomic E-state index is 12.3. The van der Waals surface area contributed by atoms with Crippen molar-refractivity contribution in [2.75, 3.05) is 0 Å². The number of hydrogen-bond donors (Lipinski definition) is 7. The molecule has 0 bridgehead atoms. The maximum Gasteiger partial charge on any atom is 0.326 e. The minimum absolute atomic E-state index is 0.0806. The molecule has 0 aliphatic carbocycles. The van der Waals surface area contributed by atoms with E-state index in [1.54, 1.807) is 0 Å². The van der Waals surface area contributed by atoms with Gasteiger partial charge >= 0.3 is 5.97 Å². The predicted octanol–water partition coefficient (Wildman–Crippen LogP) is -3.41. The van der Waals surface area contributed by atoms with E-state index in [1.807, 2.05) is 0 Å². The highest BCUT2D eigenvalue weighted by atomic mass is 16.4. The van der Waals surface area contributed by atoms with Crippen LogP contribution >= 0.6 is 0 Å². The van der Waals surface area contributed by atoms with Crippen molar-refractivity contribution in [3.63, 3.8) is 0 Å². The molecule has 0 radical (unpaired) electrons. The number of nitrogens with zero attached hydrogens (tertiary/aromatic N) is 1. The van der Waals surface area contributed by atoms with E-state index in [0.29, 0.717) is 5.69 Å². The Balaban J connectivity index is 2.78. The molecule has 0 aromatic carbocycles. The fourth-order valence-electron chi connectivity index (χ4n) is 2.05. The molecule has 3 amide bonds. The molecule has 144 valence electrons. The van der Waals surface area contributed by atoms with Gasteiger partial charge in [-0.1, -0.05) is 0 Å². The number of aliphatic hydroxyl groups excluding tert-OH is 1. The lowest BCUT2D eigenvalue weighted by atomic mass is 10.1. The molecule has 0 fully saturated rings. The number of nitrogens with one attached hydrogen (secondary N) is 3. The predicted molar refractivity (Wildman–Crippen MR) is 87.3 cm³/mol. The molecule has 12 nitrogen and oxygen atoms in total. The van der Waals surface area contributed by atoms with Crippen LogP contribution in [0.4, 0.5) is 0 Å². The topological polar surface area (TPSA) is 214 Å². The number of hydrogen-bond acceptors (Lipinski definition) is 7. The van der Waals surface area contributed by atoms with Crippen molar-refractivity contribution in [1.29, 1.82) is 0 Å². The first-order valence-corrected chi connectivity index (χ1v) is 7.64. The van der Waals surface area contributed by atoms with E-state index in [2.05, 4.69) is 20.6 Å². The zero-order valence-corrected chi connectivity index (χ0v) is 14.0. The summed E-state index contributed by atoms with van der Waals surface area (Å²) in [6, 6.07) is -4.09. The van der Waals surface area contributed by atoms with E-state index in [-0.39, 0.29) is 6.42 Å². The Hall–Kier alpha value is -2.99. The fraction of sp³-hybridized carbons (Fsp3) is 0.500. The zero-order valence-electron chi connectivity index (χ0n) is 14.0. The van der Waals surface area contributed by atoms with E-state index in [4.69, 9.17) is 11.5 Å². The van der Waals surface area contributed by atoms with Crippen molar-refractivity contribution in [3.05, 3.63) is 18.2 Å². The molecule has 1 aromatic heterocycles. The van der Waals surface area contributed by atoms with Crippen LogP contribution in [-0.2, 0) is 25.6 Å². The van der Waals surface area contributed by atoms with Gasteiger partial charge in [-0.15, -0.1) is 0 Å². The van der Waals surface area contributed by atoms with Gasteiger partial charge in [0.05, 0.1) is 24.9 Å². The van der Waals surface area contributed by atoms with Crippen LogP contribution in [-0.4, -0.2) is 68.1 Å². The quantitative estimate of drug-likeness (QED) is 0.220. The molecule has 9 N–H and O–H groups in total. The Morgan fingerprint density at radius 1 is 1.27 bits per heavy atom. The molecule has 0 aliphatic rings. The standard InChI is InChI=1S/C14H22N6O6/c1-6(21)11(20-12(23)8(15)3-10(16)22)13(24)19-9(14(25)26)2-7-4-17-5-18-7/h4-6,8-9,11,21H,2-3,15H2,1H3,(H2,16,22)(H,17,18)(H,19,24)(H,20,23)(H,25,26). The largest absolute Gasteiger partial charge is 0.480 e. The fourth-order valence-corrected chi connectivity index (χ4v) is 2.05. The van der Waals surface area contributed by atoms with Crippen LogP contribution < -0.4 is 22.1 Å². The molecule has 0 aliphatic heterocycles. The van der Waals surface area contributed by atoms with Gasteiger partial charge in [-0.25, -0.2) is 9.78 Å². The van der Waals surface area contributed by atoms with E-state index >= 15 is 0 Å². The lowest BCUT2D eigenvalue weighted by Crippen LogP contribution is -2.58. The number of amides is 3. The van der Waals surface area contributed by atoms with Gasteiger partial charge in [0.1, 0.15) is 12.1 Å². The monoisotopic (exact) mass is 370 g/mol. The summed E-state index contributed by atoms with van der Waals surface area (Å²) < 4.78 is 0. The number of carboxylic acid groups (broad SMARTS) is 1. The second-order valence-corrected chi connectivity index (χ2v) is 5.68. The minimum atomic E-state index is -1.47. The molecule has 0 saturated carbocycles. The lowest BCUT2D eigenvalue weighted by Gasteiger charge is -2.24. The van der Waals surface area contributed by atoms with Gasteiger partial charge in [-0.05, 0) is 6.92 Å². The van der Waals surface area contributed by atoms with Crippen molar-refractivity contribution in [3.8, 4) is 0 Å². The Morgan fingerprint density at radius 2 is 1.92 bits per heavy atom. The van der Waals surface area contributed by atoms with E-state index in [0.717, 1.165) is 0 Å². The normalized spacial score (nSPS) is 15.3. The third kappa shape index (κ3) is 6.49. The molecule has 1 heterocycles. The molecular formula is C14H22N6O6. The summed E-state index contributed by atoms with van der Waals surface area (Å²) in [4.78, 5) is 52.8. The number of rotatable bonds is 10. The Kier molecular flexibility index (Phi) is 7.68. The van der Waals surface area contributed by atoms with Crippen LogP contribution in [0.1, 0.15) is 19.0 Å². The first-order chi connectivity index (χ1) is 12.1. The molecular weight excluding hydrogens is 348 g/mol. The van der Waals surface area contributed by atoms with Crippen molar-refractivity contribution in [1.82, 2.24) is 20.6 Å². The van der Waals surface area contributed by atoms with Crippen molar-refractivity contribution < 1.29 is 29.4 Å². The third-order valence-electron chi connectivity index (χ3n) is 3.41. The van der Waals surface area contributed by atoms with Gasteiger partial charge in [-0.2, -0.15) is 0 Å². The molecule has 1 rings (SSSR count). The van der Waals surface area contributed by atoms with Gasteiger partial charge in [0.15, 0.2) is 0 Å². The summed E-state index contributed by atoms with van der Waals surface area (Å²) in [5, 5.41) is 23.4. The number of aliphatic hydroxyl groups is 1. The zero-order chi connectivity index (χ0) is 19.9. The number of primary amides is 1. The Labute approximate surface area is 148 Å². The average molecular weight is 370 g/mol. The molecule has 4 atom stereocenters. The molecule has 26 heavy (non-hydrogen) atoms. The number of carboxylic acids is 1. The highest BCUT2D eigenvalue weighted by Gasteiger charge is 2.31. The summed E-state index contributed by atoms with van der Waals surface area (Å²) in [6.07, 6.45) is 0.884. The number of H-pyrrole nitrogens is 1. The summed E-state index contributed by atoms with van der Waals surface area (Å²) >= 11 is 0. The highest BCUT2D eigenvalue weighted by molar-refractivity contribution is 5.93. The Bertz CT molecular complexity index is 646. The van der Waals surface area contributed by atoms with Gasteiger partial charge in [0, 0.05) is 18.3 Å². The van der Waals surface area contributed by atoms with Crippen molar-refractivity contribution in [2.45, 2.75) is 44.0 Å². The number of carbonyl (C=O) groups excluding carboxylic acids is 3. The van der Waals surface area contributed by atoms with Crippen LogP contribution in [0.25, 0.3) is 0 Å². The van der Waals surface area contributed by atoms with Gasteiger partial charge in [0.25, 0.3) is 0 Å². The number of imidazole rings is 1. The van der Waals surface area contributed by atoms with Gasteiger partial charge in [-0.3, -0.25) is 14.4 Å². The van der Waals surface area contributed by atoms with E-state index in [9.17, 15) is 29.4 Å². The van der Waals surface area contributed by atoms with Crippen LogP contribution in [0.5, 0.6) is 0 Å². The molecule has 1 aromatic rings. The smallest absolute Gasteiger partial charge is 0.326 e. The highest BCUT2D eigenvalue weighted by Crippen LogP contribution is 2.02. The van der Waals surface area contributed by atoms with E-state index in [1.165, 1.54) is 19.4 Å². The van der Waals surface area contributed by atoms with Gasteiger partial charge in [0.2, 0.25) is 17.7 Å². The molecule has 0 saturated heterocycles. The number of aromatic nitrogens is 2. The van der Waals surface area contributed by atoms with Crippen LogP contribution in [0, 0.1) is 0 Å². The SMILES string of the molecule is CC(O)C(NC(=O)C(N)CC(N)=O)C(=O)NC(Cc1cnc[nH]1)C(=O)O. The average Bonchev–Trinajstić information content (AvgIpc) is 3.03. The minimum Gasteiger partial charge on any atom is -0.480 e. The van der Waals surface area contributed by atoms with Crippen LogP contribution in [0.2, 0.25) is 0 Å². The third-order valence-corrected chi connectivity index (χ3v) is 3.41. The summed E-state index contributed by atoms with van der Waals surface area (Å²) in [5.41, 5.74) is 10.9. The summed E-state index contributed by atoms with van der Waals surface area (Å²) in [7, 11) is 0. The molecule has 0 spiro atoms. The van der Waals surface area contributed by atoms with Gasteiger partial charge < -0.3 is 37.3 Å². The molecule has 4 unspecified atom stereocenters. The molecule has 12 heteroatoms. The Morgan fingerprint density at radius 3 is 2.38 bits per heavy atom. The van der Waals surface area contributed by atoms with Crippen LogP contribution in [0.3, 0.4) is 0 Å². The van der Waals surface area contributed by atoms with Crippen LogP contribution in [0.15, 0.2) is 12.5 Å². The first kappa shape index (κ1) is 21.1. The maximum absolute atomic E-state index is 12.3. The number of nitrogens with two attached hydrogens (primary N) is 2. The first-order valence-electron chi connectivity index (χ1n) is 7.64. The number of aromatic amines is 1. The summed E-state index contributed by atoms with van der Waals surface area (Å²) in [5.74, 6) is -3.93. The number of aliphatic carboxylic acids is 1. The second-order valence-electron chi connectivity index (χ2n) is 5.68. The lowest BCUT2D eigenvalue weighted by molar-refractivity contribution is -0.143. The second kappa shape index (κ2) is 9.48.